The fourth-order valence-electron chi connectivity index (χ4n) is 6.07. The third kappa shape index (κ3) is 5.22. The summed E-state index contributed by atoms with van der Waals surface area (Å²) >= 11 is 0. The van der Waals surface area contributed by atoms with Crippen molar-refractivity contribution in [2.24, 2.45) is 0 Å². The zero-order valence-electron chi connectivity index (χ0n) is 25.1. The van der Waals surface area contributed by atoms with Gasteiger partial charge in [-0.25, -0.2) is 8.42 Å². The maximum Gasteiger partial charge on any atom is 0.0856 e. The number of benzene rings is 7. The van der Waals surface area contributed by atoms with Crippen LogP contribution in [0.25, 0.3) is 32.3 Å². The summed E-state index contributed by atoms with van der Waals surface area (Å²) < 4.78 is 28.4. The number of para-hydroxylation sites is 1. The fourth-order valence-corrected chi connectivity index (χ4v) is 8.65. The Kier molecular flexibility index (Phi) is 8.07. The number of rotatable bonds is 8. The second kappa shape index (κ2) is 12.6. The SMILES string of the molecule is C#CC=CC(=CC)N(c1ccccc1)c1cc2ccc3c(S(=O)c4ccccc4)cc(S(=O)c4ccccc4)c4ccc(c1)c2c34. The predicted molar refractivity (Wildman–Crippen MR) is 193 cm³/mol. The lowest BCUT2D eigenvalue weighted by Crippen LogP contribution is -2.15. The molecule has 0 fully saturated rings. The molecule has 7 aromatic carbocycles. The van der Waals surface area contributed by atoms with Crippen LogP contribution in [0.5, 0.6) is 0 Å². The number of hydrogen-bond donors (Lipinski definition) is 0. The van der Waals surface area contributed by atoms with Crippen LogP contribution in [0, 0.1) is 12.3 Å². The first-order valence-electron chi connectivity index (χ1n) is 14.9. The second-order valence-electron chi connectivity index (χ2n) is 10.8. The lowest BCUT2D eigenvalue weighted by Gasteiger charge is -2.27. The van der Waals surface area contributed by atoms with Gasteiger partial charge < -0.3 is 4.90 Å². The quantitative estimate of drug-likeness (QED) is 0.0952. The van der Waals surface area contributed by atoms with Crippen molar-refractivity contribution in [2.45, 2.75) is 26.5 Å². The highest BCUT2D eigenvalue weighted by Crippen LogP contribution is 2.44. The molecule has 2 unspecified atom stereocenters. The topological polar surface area (TPSA) is 37.4 Å². The minimum absolute atomic E-state index is 0.651. The summed E-state index contributed by atoms with van der Waals surface area (Å²) in [4.78, 5) is 4.90. The molecule has 7 aromatic rings. The standard InChI is InChI=1S/C41H29NO2S2/c1-3-5-15-31(4-2)42(32-16-9-6-10-17-32)33-26-29-22-24-36-38(45(43)34-18-11-7-12-19-34)28-39(46(44)35-20-13-8-14-21-35)37-25-23-30(27-33)40(29)41(36)37/h1,4-28H,2H3. The zero-order chi connectivity index (χ0) is 31.6. The average Bonchev–Trinajstić information content (AvgIpc) is 3.12. The van der Waals surface area contributed by atoms with Crippen LogP contribution >= 0.6 is 0 Å². The predicted octanol–water partition coefficient (Wildman–Crippen LogP) is 10.1. The van der Waals surface area contributed by atoms with E-state index in [1.807, 2.05) is 104 Å². The van der Waals surface area contributed by atoms with Gasteiger partial charge in [-0.3, -0.25) is 0 Å². The van der Waals surface area contributed by atoms with Gasteiger partial charge in [0, 0.05) is 26.9 Å². The Morgan fingerprint density at radius 3 is 1.61 bits per heavy atom. The highest BCUT2D eigenvalue weighted by Gasteiger charge is 2.23. The summed E-state index contributed by atoms with van der Waals surface area (Å²) in [6.45, 7) is 2.00. The highest BCUT2D eigenvalue weighted by atomic mass is 32.2. The highest BCUT2D eigenvalue weighted by molar-refractivity contribution is 7.86. The van der Waals surface area contributed by atoms with Gasteiger partial charge in [0.25, 0.3) is 0 Å². The van der Waals surface area contributed by atoms with E-state index in [1.165, 1.54) is 0 Å². The Bertz CT molecular complexity index is 2240. The normalized spacial score (nSPS) is 13.3. The van der Waals surface area contributed by atoms with Gasteiger partial charge in [-0.2, -0.15) is 0 Å². The van der Waals surface area contributed by atoms with E-state index in [4.69, 9.17) is 6.42 Å². The summed E-state index contributed by atoms with van der Waals surface area (Å²) in [5, 5.41) is 5.85. The minimum atomic E-state index is -1.48. The summed E-state index contributed by atoms with van der Waals surface area (Å²) in [6.07, 6.45) is 11.3. The first kappa shape index (κ1) is 29.4. The van der Waals surface area contributed by atoms with Crippen molar-refractivity contribution in [1.29, 1.82) is 0 Å². The van der Waals surface area contributed by atoms with Gasteiger partial charge in [-0.1, -0.05) is 90.9 Å². The van der Waals surface area contributed by atoms with Crippen LogP contribution in [-0.4, -0.2) is 8.42 Å². The minimum Gasteiger partial charge on any atom is -0.311 e. The van der Waals surface area contributed by atoms with Crippen LogP contribution in [0.15, 0.2) is 177 Å². The summed E-state index contributed by atoms with van der Waals surface area (Å²) in [5.74, 6) is 2.61. The van der Waals surface area contributed by atoms with Crippen LogP contribution < -0.4 is 4.90 Å². The van der Waals surface area contributed by atoms with Crippen LogP contribution in [0.1, 0.15) is 6.92 Å². The van der Waals surface area contributed by atoms with Crippen molar-refractivity contribution in [3.05, 3.63) is 157 Å². The van der Waals surface area contributed by atoms with Crippen LogP contribution in [0.4, 0.5) is 11.4 Å². The summed E-state index contributed by atoms with van der Waals surface area (Å²) in [5.41, 5.74) is 2.93. The molecule has 0 aromatic heterocycles. The molecule has 2 atom stereocenters. The largest absolute Gasteiger partial charge is 0.311 e. The monoisotopic (exact) mass is 631 g/mol. The van der Waals surface area contributed by atoms with Crippen molar-refractivity contribution < 1.29 is 8.42 Å². The van der Waals surface area contributed by atoms with E-state index >= 15 is 0 Å². The van der Waals surface area contributed by atoms with Gasteiger partial charge in [0.1, 0.15) is 0 Å². The number of hydrogen-bond acceptors (Lipinski definition) is 3. The van der Waals surface area contributed by atoms with Crippen LogP contribution in [0.2, 0.25) is 0 Å². The molecule has 0 saturated heterocycles. The number of nitrogens with zero attached hydrogens (tertiary/aromatic N) is 1. The molecule has 0 spiro atoms. The molecule has 222 valence electrons. The van der Waals surface area contributed by atoms with Gasteiger partial charge >= 0.3 is 0 Å². The molecule has 0 saturated carbocycles. The molecule has 0 heterocycles. The molecule has 0 amide bonds. The van der Waals surface area contributed by atoms with E-state index < -0.39 is 21.6 Å². The Morgan fingerprint density at radius 1 is 0.630 bits per heavy atom. The molecule has 0 aliphatic carbocycles. The number of terminal acetylenes is 1. The molecule has 0 bridgehead atoms. The summed E-state index contributed by atoms with van der Waals surface area (Å²) in [7, 11) is -2.97. The van der Waals surface area contributed by atoms with Gasteiger partial charge in [0.2, 0.25) is 0 Å². The van der Waals surface area contributed by atoms with E-state index in [-0.39, 0.29) is 0 Å². The molecule has 0 N–H and O–H groups in total. The van der Waals surface area contributed by atoms with E-state index in [1.54, 1.807) is 6.08 Å². The molecule has 46 heavy (non-hydrogen) atoms. The van der Waals surface area contributed by atoms with E-state index in [0.717, 1.165) is 49.4 Å². The Morgan fingerprint density at radius 2 is 1.13 bits per heavy atom. The molecular formula is C41H29NO2S2. The van der Waals surface area contributed by atoms with Crippen molar-refractivity contribution in [3.8, 4) is 12.3 Å². The lowest BCUT2D eigenvalue weighted by molar-refractivity contribution is 0.682. The third-order valence-electron chi connectivity index (χ3n) is 8.12. The summed E-state index contributed by atoms with van der Waals surface area (Å²) in [6, 6.07) is 43.6. The Balaban J connectivity index is 1.52. The maximum absolute atomic E-state index is 14.2. The Hall–Kier alpha value is -5.28. The van der Waals surface area contributed by atoms with Gasteiger partial charge in [-0.05, 0) is 106 Å². The van der Waals surface area contributed by atoms with E-state index in [0.29, 0.717) is 19.6 Å². The third-order valence-corrected chi connectivity index (χ3v) is 11.0. The molecule has 0 aliphatic heterocycles. The van der Waals surface area contributed by atoms with Crippen molar-refractivity contribution in [3.63, 3.8) is 0 Å². The smallest absolute Gasteiger partial charge is 0.0856 e. The number of allylic oxidation sites excluding steroid dienone is 3. The van der Waals surface area contributed by atoms with E-state index in [2.05, 4.69) is 59.4 Å². The molecule has 0 radical (unpaired) electrons. The van der Waals surface area contributed by atoms with Crippen molar-refractivity contribution >= 4 is 65.3 Å². The first-order chi connectivity index (χ1) is 22.6. The Labute approximate surface area is 273 Å². The number of anilines is 2. The van der Waals surface area contributed by atoms with Crippen LogP contribution in [-0.2, 0) is 21.6 Å². The van der Waals surface area contributed by atoms with Gasteiger partial charge in [0.05, 0.1) is 31.4 Å². The second-order valence-corrected chi connectivity index (χ2v) is 13.7. The molecule has 0 aliphatic rings. The average molecular weight is 632 g/mol. The molecule has 5 heteroatoms. The van der Waals surface area contributed by atoms with Gasteiger partial charge in [-0.15, -0.1) is 6.42 Å². The molecular weight excluding hydrogens is 603 g/mol. The lowest BCUT2D eigenvalue weighted by atomic mass is 9.93. The van der Waals surface area contributed by atoms with Crippen molar-refractivity contribution in [1.82, 2.24) is 0 Å². The zero-order valence-corrected chi connectivity index (χ0v) is 26.7. The molecule has 7 rings (SSSR count). The van der Waals surface area contributed by atoms with Gasteiger partial charge in [0.15, 0.2) is 0 Å². The first-order valence-corrected chi connectivity index (χ1v) is 17.2. The van der Waals surface area contributed by atoms with Crippen LogP contribution in [0.3, 0.4) is 0 Å². The van der Waals surface area contributed by atoms with Crippen molar-refractivity contribution in [2.75, 3.05) is 4.90 Å². The molecule has 3 nitrogen and oxygen atoms in total. The fraction of sp³-hybridized carbons (Fsp3) is 0.0244. The maximum atomic E-state index is 14.2. The van der Waals surface area contributed by atoms with E-state index in [9.17, 15) is 8.42 Å².